The number of benzene rings is 1. The molecule has 3 heteroatoms. The number of nitrogens with two attached hydrogens (primary N) is 1. The maximum absolute atomic E-state index is 12.9. The molecule has 78 valence electrons. The largest absolute Gasteiger partial charge is 0.327 e. The van der Waals surface area contributed by atoms with E-state index in [2.05, 4.69) is 29.8 Å². The average molecular weight is 260 g/mol. The summed E-state index contributed by atoms with van der Waals surface area (Å²) in [7, 11) is 0. The van der Waals surface area contributed by atoms with E-state index in [1.54, 1.807) is 12.1 Å². The Balaban J connectivity index is 2.73. The monoisotopic (exact) mass is 259 g/mol. The summed E-state index contributed by atoms with van der Waals surface area (Å²) < 4.78 is 13.4. The molecule has 0 aromatic heterocycles. The number of rotatable bonds is 3. The Hall–Kier alpha value is -0.410. The van der Waals surface area contributed by atoms with Gasteiger partial charge in [0.2, 0.25) is 0 Å². The van der Waals surface area contributed by atoms with Crippen LogP contribution in [0, 0.1) is 11.7 Å². The minimum absolute atomic E-state index is 0.132. The predicted molar refractivity (Wildman–Crippen MR) is 60.6 cm³/mol. The average Bonchev–Trinajstić information content (AvgIpc) is 2.11. The van der Waals surface area contributed by atoms with Gasteiger partial charge in [-0.15, -0.1) is 0 Å². The van der Waals surface area contributed by atoms with Gasteiger partial charge in [-0.1, -0.05) is 19.9 Å². The molecule has 2 N–H and O–H groups in total. The van der Waals surface area contributed by atoms with Gasteiger partial charge >= 0.3 is 0 Å². The molecule has 0 bridgehead atoms. The van der Waals surface area contributed by atoms with E-state index in [1.165, 1.54) is 6.07 Å². The van der Waals surface area contributed by atoms with Crippen LogP contribution in [0.4, 0.5) is 4.39 Å². The van der Waals surface area contributed by atoms with Crippen molar-refractivity contribution in [2.45, 2.75) is 26.3 Å². The van der Waals surface area contributed by atoms with Crippen LogP contribution in [0.1, 0.15) is 19.4 Å². The molecule has 1 rings (SSSR count). The van der Waals surface area contributed by atoms with Gasteiger partial charge < -0.3 is 5.73 Å². The number of hydrogen-bond acceptors (Lipinski definition) is 1. The molecule has 0 saturated heterocycles. The summed E-state index contributed by atoms with van der Waals surface area (Å²) in [5.74, 6) is 0.214. The van der Waals surface area contributed by atoms with Gasteiger partial charge in [-0.2, -0.15) is 0 Å². The molecule has 1 aromatic rings. The zero-order chi connectivity index (χ0) is 10.7. The van der Waals surface area contributed by atoms with E-state index in [9.17, 15) is 4.39 Å². The molecule has 14 heavy (non-hydrogen) atoms. The van der Waals surface area contributed by atoms with Crippen LogP contribution in [0.15, 0.2) is 22.7 Å². The first-order valence-electron chi connectivity index (χ1n) is 4.70. The van der Waals surface area contributed by atoms with Crippen molar-refractivity contribution in [3.63, 3.8) is 0 Å². The van der Waals surface area contributed by atoms with Crippen molar-refractivity contribution in [3.8, 4) is 0 Å². The maximum atomic E-state index is 12.9. The molecule has 0 saturated carbocycles. The highest BCUT2D eigenvalue weighted by atomic mass is 79.9. The molecular weight excluding hydrogens is 245 g/mol. The number of halogens is 2. The topological polar surface area (TPSA) is 26.0 Å². The molecule has 0 spiro atoms. The van der Waals surface area contributed by atoms with Crippen LogP contribution in [-0.4, -0.2) is 6.04 Å². The minimum atomic E-state index is -0.230. The molecule has 1 nitrogen and oxygen atoms in total. The molecule has 0 fully saturated rings. The lowest BCUT2D eigenvalue weighted by molar-refractivity contribution is 0.490. The fourth-order valence-corrected chi connectivity index (χ4v) is 1.60. The van der Waals surface area contributed by atoms with Crippen molar-refractivity contribution in [3.05, 3.63) is 34.1 Å². The van der Waals surface area contributed by atoms with Crippen LogP contribution in [0.2, 0.25) is 0 Å². The molecule has 0 heterocycles. The third-order valence-corrected chi connectivity index (χ3v) is 2.92. The summed E-state index contributed by atoms with van der Waals surface area (Å²) in [6.07, 6.45) is 0.788. The normalized spacial score (nSPS) is 13.3. The van der Waals surface area contributed by atoms with E-state index in [1.807, 2.05) is 0 Å². The summed E-state index contributed by atoms with van der Waals surface area (Å²) in [5.41, 5.74) is 7.00. The fraction of sp³-hybridized carbons (Fsp3) is 0.455. The Labute approximate surface area is 92.6 Å². The van der Waals surface area contributed by atoms with Gasteiger partial charge in [-0.25, -0.2) is 4.39 Å². The second kappa shape index (κ2) is 4.89. The Morgan fingerprint density at radius 1 is 1.43 bits per heavy atom. The molecule has 0 radical (unpaired) electrons. The lowest BCUT2D eigenvalue weighted by atomic mass is 9.97. The van der Waals surface area contributed by atoms with E-state index >= 15 is 0 Å². The third kappa shape index (κ3) is 3.07. The highest BCUT2D eigenvalue weighted by molar-refractivity contribution is 9.10. The van der Waals surface area contributed by atoms with Crippen molar-refractivity contribution < 1.29 is 4.39 Å². The summed E-state index contributed by atoms with van der Waals surface area (Å²) in [5, 5.41) is 0. The SMILES string of the molecule is CC(C)C(N)Cc1ccc(F)c(Br)c1. The first kappa shape index (κ1) is 11.7. The zero-order valence-electron chi connectivity index (χ0n) is 8.43. The number of hydrogen-bond donors (Lipinski definition) is 1. The standard InChI is InChI=1S/C11H15BrFN/c1-7(2)11(14)6-8-3-4-10(13)9(12)5-8/h3-5,7,11H,6,14H2,1-2H3. The minimum Gasteiger partial charge on any atom is -0.327 e. The molecule has 1 atom stereocenters. The highest BCUT2D eigenvalue weighted by Gasteiger charge is 2.09. The Morgan fingerprint density at radius 2 is 2.07 bits per heavy atom. The van der Waals surface area contributed by atoms with Crippen molar-refractivity contribution in [1.82, 2.24) is 0 Å². The molecule has 0 aliphatic heterocycles. The van der Waals surface area contributed by atoms with Gasteiger partial charge in [0.05, 0.1) is 4.47 Å². The van der Waals surface area contributed by atoms with Crippen molar-refractivity contribution in [2.24, 2.45) is 11.7 Å². The second-order valence-corrected chi connectivity index (χ2v) is 4.71. The summed E-state index contributed by atoms with van der Waals surface area (Å²) >= 11 is 3.16. The van der Waals surface area contributed by atoms with Crippen LogP contribution in [0.5, 0.6) is 0 Å². The molecule has 0 aliphatic carbocycles. The van der Waals surface area contributed by atoms with Gasteiger partial charge in [0.15, 0.2) is 0 Å². The van der Waals surface area contributed by atoms with Crippen LogP contribution < -0.4 is 5.73 Å². The van der Waals surface area contributed by atoms with E-state index in [-0.39, 0.29) is 11.9 Å². The van der Waals surface area contributed by atoms with Gasteiger partial charge in [0.1, 0.15) is 5.82 Å². The molecule has 0 aliphatic rings. The van der Waals surface area contributed by atoms with Gasteiger partial charge in [0.25, 0.3) is 0 Å². The predicted octanol–water partition coefficient (Wildman–Crippen LogP) is 3.11. The maximum Gasteiger partial charge on any atom is 0.137 e. The van der Waals surface area contributed by atoms with Crippen LogP contribution in [-0.2, 0) is 6.42 Å². The van der Waals surface area contributed by atoms with Gasteiger partial charge in [0, 0.05) is 6.04 Å². The van der Waals surface area contributed by atoms with Crippen LogP contribution in [0.3, 0.4) is 0 Å². The van der Waals surface area contributed by atoms with E-state index < -0.39 is 0 Å². The highest BCUT2D eigenvalue weighted by Crippen LogP contribution is 2.18. The lowest BCUT2D eigenvalue weighted by Gasteiger charge is -2.15. The zero-order valence-corrected chi connectivity index (χ0v) is 10.0. The Morgan fingerprint density at radius 3 is 2.57 bits per heavy atom. The van der Waals surface area contributed by atoms with E-state index in [4.69, 9.17) is 5.73 Å². The molecular formula is C11H15BrFN. The van der Waals surface area contributed by atoms with Crippen molar-refractivity contribution in [2.75, 3.05) is 0 Å². The van der Waals surface area contributed by atoms with E-state index in [0.717, 1.165) is 12.0 Å². The first-order valence-corrected chi connectivity index (χ1v) is 5.49. The Kier molecular flexibility index (Phi) is 4.08. The van der Waals surface area contributed by atoms with Crippen molar-refractivity contribution in [1.29, 1.82) is 0 Å². The smallest absolute Gasteiger partial charge is 0.137 e. The second-order valence-electron chi connectivity index (χ2n) is 3.86. The van der Waals surface area contributed by atoms with Crippen LogP contribution in [0.25, 0.3) is 0 Å². The van der Waals surface area contributed by atoms with Gasteiger partial charge in [-0.3, -0.25) is 0 Å². The molecule has 1 aromatic carbocycles. The third-order valence-electron chi connectivity index (χ3n) is 2.31. The molecule has 0 amide bonds. The summed E-state index contributed by atoms with van der Waals surface area (Å²) in [6.45, 7) is 4.17. The summed E-state index contributed by atoms with van der Waals surface area (Å²) in [6, 6.07) is 5.17. The summed E-state index contributed by atoms with van der Waals surface area (Å²) in [4.78, 5) is 0. The van der Waals surface area contributed by atoms with Crippen LogP contribution >= 0.6 is 15.9 Å². The lowest BCUT2D eigenvalue weighted by Crippen LogP contribution is -2.28. The fourth-order valence-electron chi connectivity index (χ4n) is 1.17. The quantitative estimate of drug-likeness (QED) is 0.887. The molecule has 1 unspecified atom stereocenters. The van der Waals surface area contributed by atoms with Crippen molar-refractivity contribution >= 4 is 15.9 Å². The van der Waals surface area contributed by atoms with E-state index in [0.29, 0.717) is 10.4 Å². The van der Waals surface area contributed by atoms with Gasteiger partial charge in [-0.05, 0) is 46.0 Å². The first-order chi connectivity index (χ1) is 6.50. The Bertz CT molecular complexity index is 312.